The first-order chi connectivity index (χ1) is 19.2. The summed E-state index contributed by atoms with van der Waals surface area (Å²) in [6, 6.07) is 15.1. The predicted octanol–water partition coefficient (Wildman–Crippen LogP) is -0.747. The first-order valence-electron chi connectivity index (χ1n) is 13.4. The van der Waals surface area contributed by atoms with E-state index in [-0.39, 0.29) is 18.9 Å². The number of hydrogen-bond donors (Lipinski definition) is 8. The summed E-state index contributed by atoms with van der Waals surface area (Å²) in [7, 11) is 0. The highest BCUT2D eigenvalue weighted by Crippen LogP contribution is 2.36. The predicted molar refractivity (Wildman–Crippen MR) is 149 cm³/mol. The molecule has 10 atom stereocenters. The fourth-order valence-electron chi connectivity index (χ4n) is 6.09. The Kier molecular flexibility index (Phi) is 7.11. The van der Waals surface area contributed by atoms with Gasteiger partial charge in [-0.2, -0.15) is 0 Å². The molecule has 4 aromatic carbocycles. The number of aliphatic hydroxyl groups excluding tert-OH is 4. The molecule has 6 rings (SSSR count). The van der Waals surface area contributed by atoms with E-state index in [0.717, 1.165) is 32.3 Å². The van der Waals surface area contributed by atoms with Gasteiger partial charge < -0.3 is 52.4 Å². The van der Waals surface area contributed by atoms with Crippen LogP contribution in [0.15, 0.2) is 54.6 Å². The third kappa shape index (κ3) is 4.49. The Morgan fingerprint density at radius 1 is 0.825 bits per heavy atom. The molecule has 1 heterocycles. The van der Waals surface area contributed by atoms with Gasteiger partial charge in [-0.05, 0) is 44.8 Å². The molecule has 0 spiro atoms. The average Bonchev–Trinajstić information content (AvgIpc) is 2.96. The van der Waals surface area contributed by atoms with E-state index in [2.05, 4.69) is 11.4 Å². The Hall–Kier alpha value is -2.97. The van der Waals surface area contributed by atoms with Gasteiger partial charge in [0.2, 0.25) is 0 Å². The molecule has 4 aromatic rings. The van der Waals surface area contributed by atoms with Crippen LogP contribution in [0.2, 0.25) is 0 Å². The molecule has 40 heavy (non-hydrogen) atoms. The maximum absolute atomic E-state index is 13.4. The molecule has 1 aliphatic heterocycles. The normalized spacial score (nSPS) is 35.0. The highest BCUT2D eigenvalue weighted by molar-refractivity contribution is 6.26. The van der Waals surface area contributed by atoms with E-state index in [9.17, 15) is 25.2 Å². The van der Waals surface area contributed by atoms with Crippen LogP contribution in [0.3, 0.4) is 0 Å². The average molecular weight is 551 g/mol. The summed E-state index contributed by atoms with van der Waals surface area (Å²) in [6.07, 6.45) is -8.75. The second-order valence-corrected chi connectivity index (χ2v) is 10.9. The molecule has 1 saturated carbocycles. The Morgan fingerprint density at radius 3 is 2.20 bits per heavy atom. The molecule has 10 unspecified atom stereocenters. The molecule has 2 aliphatic rings. The van der Waals surface area contributed by atoms with Crippen LogP contribution in [-0.2, 0) is 9.47 Å². The number of benzene rings is 4. The quantitative estimate of drug-likeness (QED) is 0.146. The van der Waals surface area contributed by atoms with Crippen molar-refractivity contribution in [1.82, 2.24) is 5.32 Å². The third-order valence-corrected chi connectivity index (χ3v) is 8.37. The second kappa shape index (κ2) is 10.5. The fraction of sp³-hybridized carbons (Fsp3) is 0.414. The van der Waals surface area contributed by atoms with E-state index >= 15 is 0 Å². The van der Waals surface area contributed by atoms with Gasteiger partial charge in [0.1, 0.15) is 30.5 Å². The number of nitrogens with two attached hydrogens (primary N) is 3. The summed E-state index contributed by atoms with van der Waals surface area (Å²) in [4.78, 5) is 13.4. The van der Waals surface area contributed by atoms with Gasteiger partial charge in [-0.1, -0.05) is 48.5 Å². The summed E-state index contributed by atoms with van der Waals surface area (Å²) in [5.74, 6) is -0.377. The Labute approximate surface area is 229 Å². The van der Waals surface area contributed by atoms with E-state index < -0.39 is 61.0 Å². The van der Waals surface area contributed by atoms with Gasteiger partial charge in [-0.25, -0.2) is 0 Å². The number of aliphatic hydroxyl groups is 4. The zero-order chi connectivity index (χ0) is 28.3. The van der Waals surface area contributed by atoms with Gasteiger partial charge in [0.15, 0.2) is 6.29 Å². The highest BCUT2D eigenvalue weighted by Gasteiger charge is 2.48. The van der Waals surface area contributed by atoms with Crippen molar-refractivity contribution in [2.24, 2.45) is 17.2 Å². The lowest BCUT2D eigenvalue weighted by Crippen LogP contribution is -2.67. The van der Waals surface area contributed by atoms with E-state index in [0.29, 0.717) is 5.56 Å². The fourth-order valence-corrected chi connectivity index (χ4v) is 6.09. The Morgan fingerprint density at radius 2 is 1.48 bits per heavy atom. The molecule has 2 fully saturated rings. The lowest BCUT2D eigenvalue weighted by atomic mass is 9.84. The van der Waals surface area contributed by atoms with Crippen molar-refractivity contribution in [3.8, 4) is 0 Å². The molecule has 0 aromatic heterocycles. The summed E-state index contributed by atoms with van der Waals surface area (Å²) in [5.41, 5.74) is 18.5. The minimum atomic E-state index is -1.45. The topological polar surface area (TPSA) is 207 Å². The van der Waals surface area contributed by atoms with Crippen LogP contribution in [0.25, 0.3) is 32.3 Å². The van der Waals surface area contributed by atoms with E-state index in [1.165, 1.54) is 0 Å². The van der Waals surface area contributed by atoms with Crippen LogP contribution < -0.4 is 22.5 Å². The molecular weight excluding hydrogens is 516 g/mol. The zero-order valence-electron chi connectivity index (χ0n) is 21.6. The number of ether oxygens (including phenoxy) is 2. The molecule has 212 valence electrons. The molecule has 1 saturated heterocycles. The van der Waals surface area contributed by atoms with Gasteiger partial charge in [-0.15, -0.1) is 0 Å². The van der Waals surface area contributed by atoms with Crippen LogP contribution in [0.5, 0.6) is 0 Å². The van der Waals surface area contributed by atoms with Gasteiger partial charge in [0.25, 0.3) is 5.91 Å². The summed E-state index contributed by atoms with van der Waals surface area (Å²) in [6.45, 7) is -0.154. The number of carbonyl (C=O) groups is 1. The van der Waals surface area contributed by atoms with Crippen molar-refractivity contribution in [1.29, 1.82) is 0 Å². The van der Waals surface area contributed by atoms with Crippen LogP contribution in [0.4, 0.5) is 0 Å². The summed E-state index contributed by atoms with van der Waals surface area (Å²) >= 11 is 0. The highest BCUT2D eigenvalue weighted by atomic mass is 16.7. The van der Waals surface area contributed by atoms with Crippen molar-refractivity contribution in [2.45, 2.75) is 67.5 Å². The minimum absolute atomic E-state index is 0.154. The maximum Gasteiger partial charge on any atom is 0.252 e. The monoisotopic (exact) mass is 550 g/mol. The van der Waals surface area contributed by atoms with Crippen molar-refractivity contribution >= 4 is 38.2 Å². The van der Waals surface area contributed by atoms with Crippen LogP contribution >= 0.6 is 0 Å². The van der Waals surface area contributed by atoms with Gasteiger partial charge in [0.05, 0.1) is 12.1 Å². The van der Waals surface area contributed by atoms with Gasteiger partial charge in [-0.3, -0.25) is 4.79 Å². The lowest BCUT2D eigenvalue weighted by Gasteiger charge is -2.45. The Bertz CT molecular complexity index is 1520. The number of carbonyl (C=O) groups excluding carboxylic acids is 1. The van der Waals surface area contributed by atoms with Crippen molar-refractivity contribution in [3.05, 3.63) is 60.2 Å². The zero-order valence-corrected chi connectivity index (χ0v) is 21.6. The molecule has 0 radical (unpaired) electrons. The van der Waals surface area contributed by atoms with E-state index in [4.69, 9.17) is 26.7 Å². The summed E-state index contributed by atoms with van der Waals surface area (Å²) < 4.78 is 11.7. The molecule has 11 heteroatoms. The molecule has 11 nitrogen and oxygen atoms in total. The first-order valence-corrected chi connectivity index (χ1v) is 13.4. The molecule has 11 N–H and O–H groups in total. The SMILES string of the molecule is NC1CC(N)C(OC2OC(CNC(=O)c3ccc4ccc5cccc6ccc3c4c56)C(O)C(O)C2N)C(O)C1O. The minimum Gasteiger partial charge on any atom is -0.389 e. The smallest absolute Gasteiger partial charge is 0.252 e. The van der Waals surface area contributed by atoms with Gasteiger partial charge >= 0.3 is 0 Å². The number of rotatable bonds is 5. The van der Waals surface area contributed by atoms with Crippen LogP contribution in [-0.4, -0.2) is 93.9 Å². The third-order valence-electron chi connectivity index (χ3n) is 8.37. The number of amides is 1. The van der Waals surface area contributed by atoms with Gasteiger partial charge in [0, 0.05) is 24.2 Å². The van der Waals surface area contributed by atoms with E-state index in [1.807, 2.05) is 42.5 Å². The first kappa shape index (κ1) is 27.2. The maximum atomic E-state index is 13.4. The summed E-state index contributed by atoms with van der Waals surface area (Å²) in [5, 5.41) is 50.8. The van der Waals surface area contributed by atoms with Crippen molar-refractivity contribution < 1.29 is 34.7 Å². The van der Waals surface area contributed by atoms with Crippen molar-refractivity contribution in [3.63, 3.8) is 0 Å². The Balaban J connectivity index is 1.20. The second-order valence-electron chi connectivity index (χ2n) is 10.9. The standard InChI is InChI=1S/C29H34N4O7/c30-17-10-18(31)27(26(37)23(17)34)40-29-22(32)25(36)24(35)19(39-29)11-33-28(38)16-9-7-14-5-4-12-2-1-3-13-6-8-15(16)21(14)20(12)13/h1-9,17-19,22-27,29,34-37H,10-11,30-32H2,(H,33,38). The largest absolute Gasteiger partial charge is 0.389 e. The number of nitrogens with one attached hydrogen (secondary N) is 1. The van der Waals surface area contributed by atoms with Crippen LogP contribution in [0.1, 0.15) is 16.8 Å². The van der Waals surface area contributed by atoms with E-state index in [1.54, 1.807) is 6.07 Å². The van der Waals surface area contributed by atoms with Crippen molar-refractivity contribution in [2.75, 3.05) is 6.54 Å². The molecule has 1 aliphatic carbocycles. The lowest BCUT2D eigenvalue weighted by molar-refractivity contribution is -0.288. The molecule has 0 bridgehead atoms. The number of hydrogen-bond acceptors (Lipinski definition) is 10. The molecular formula is C29H34N4O7. The molecule has 1 amide bonds. The van der Waals surface area contributed by atoms with Crippen LogP contribution in [0, 0.1) is 0 Å².